The maximum Gasteiger partial charge on any atom is 0.312 e. The van der Waals surface area contributed by atoms with Gasteiger partial charge in [0.2, 0.25) is 0 Å². The van der Waals surface area contributed by atoms with Crippen LogP contribution in [0, 0.1) is 6.08 Å². The maximum absolute atomic E-state index is 13.6. The second kappa shape index (κ2) is 6.47. The molecule has 1 aliphatic heterocycles. The van der Waals surface area contributed by atoms with Crippen molar-refractivity contribution in [2.45, 2.75) is 70.2 Å². The van der Waals surface area contributed by atoms with Gasteiger partial charge >= 0.3 is 6.08 Å². The number of imidazole rings is 1. The van der Waals surface area contributed by atoms with Gasteiger partial charge in [0.25, 0.3) is 0 Å². The van der Waals surface area contributed by atoms with Gasteiger partial charge in [0.1, 0.15) is 11.8 Å². The zero-order valence-corrected chi connectivity index (χ0v) is 17.7. The van der Waals surface area contributed by atoms with Crippen LogP contribution >= 0.6 is 0 Å². The van der Waals surface area contributed by atoms with E-state index < -0.39 is 32.3 Å². The van der Waals surface area contributed by atoms with Crippen LogP contribution in [-0.4, -0.2) is 51.3 Å². The Hall–Kier alpha value is -1.62. The van der Waals surface area contributed by atoms with Gasteiger partial charge in [-0.25, -0.2) is 4.98 Å². The predicted molar refractivity (Wildman–Crippen MR) is 102 cm³/mol. The zero-order chi connectivity index (χ0) is 20.2. The first kappa shape index (κ1) is 20.1. The van der Waals surface area contributed by atoms with Crippen LogP contribution < -0.4 is 5.73 Å². The third-order valence-corrected chi connectivity index (χ3v) is 10.3. The highest BCUT2D eigenvalue weighted by Crippen LogP contribution is 2.41. The molecule has 0 aliphatic carbocycles. The fraction of sp³-hybridized carbons (Fsp3) is 0.706. The lowest BCUT2D eigenvalue weighted by Crippen LogP contribution is -2.48. The van der Waals surface area contributed by atoms with E-state index in [-0.39, 0.29) is 23.1 Å². The molecule has 0 radical (unpaired) electrons. The minimum absolute atomic E-state index is 0.0289. The van der Waals surface area contributed by atoms with E-state index in [0.717, 1.165) is 0 Å². The normalized spacial score (nSPS) is 26.8. The maximum atomic E-state index is 13.6. The van der Waals surface area contributed by atoms with Gasteiger partial charge in [-0.15, -0.1) is 0 Å². The molecule has 10 heteroatoms. The lowest BCUT2D eigenvalue weighted by Gasteiger charge is -2.39. The fourth-order valence-corrected chi connectivity index (χ4v) is 3.92. The zero-order valence-electron chi connectivity index (χ0n) is 16.7. The van der Waals surface area contributed by atoms with Crippen molar-refractivity contribution in [3.05, 3.63) is 12.4 Å². The molecule has 0 unspecified atom stereocenters. The number of hydrogen-bond donors (Lipinski definition) is 2. The van der Waals surface area contributed by atoms with E-state index in [2.05, 4.69) is 48.8 Å². The van der Waals surface area contributed by atoms with Crippen molar-refractivity contribution < 1.29 is 18.7 Å². The van der Waals surface area contributed by atoms with Gasteiger partial charge in [-0.1, -0.05) is 20.8 Å². The van der Waals surface area contributed by atoms with Crippen LogP contribution in [0.5, 0.6) is 0 Å². The van der Waals surface area contributed by atoms with E-state index in [9.17, 15) is 9.50 Å². The summed E-state index contributed by atoms with van der Waals surface area (Å²) in [5.41, 5.74) is 5.38. The number of halogens is 1. The first-order chi connectivity index (χ1) is 12.3. The lowest BCUT2D eigenvalue weighted by molar-refractivity contribution is -0.112. The molecule has 8 nitrogen and oxygen atoms in total. The van der Waals surface area contributed by atoms with Crippen molar-refractivity contribution in [1.29, 1.82) is 0 Å². The second-order valence-corrected chi connectivity index (χ2v) is 13.7. The lowest BCUT2D eigenvalue weighted by atomic mass is 10.0. The van der Waals surface area contributed by atoms with Gasteiger partial charge in [-0.2, -0.15) is 14.4 Å². The molecule has 2 aromatic rings. The Kier molecular flexibility index (Phi) is 4.82. The number of aromatic nitrogens is 4. The number of nitrogen functional groups attached to an aromatic ring is 1. The monoisotopic (exact) mass is 397 g/mol. The van der Waals surface area contributed by atoms with E-state index in [0.29, 0.717) is 11.9 Å². The molecular formula is C17H28FN5O3Si. The van der Waals surface area contributed by atoms with Crippen molar-refractivity contribution in [3.63, 3.8) is 0 Å². The molecule has 0 bridgehead atoms. The van der Waals surface area contributed by atoms with Crippen molar-refractivity contribution in [2.24, 2.45) is 0 Å². The molecule has 27 heavy (non-hydrogen) atoms. The quantitative estimate of drug-likeness (QED) is 0.603. The smallest absolute Gasteiger partial charge is 0.312 e. The molecule has 150 valence electrons. The van der Waals surface area contributed by atoms with Crippen LogP contribution in [0.15, 0.2) is 6.33 Å². The number of rotatable bonds is 4. The number of ether oxygens (including phenoxy) is 1. The second-order valence-electron chi connectivity index (χ2n) is 8.89. The van der Waals surface area contributed by atoms with Crippen molar-refractivity contribution in [1.82, 2.24) is 19.5 Å². The van der Waals surface area contributed by atoms with E-state index >= 15 is 0 Å². The third kappa shape index (κ3) is 3.58. The standard InChI is InChI=1S/C17H28FN5O3Si/c1-16(2,3)27(5,6)25-8-17(4)10(24)7-11(26-17)23-9-20-12-13(19)21-15(18)22-14(12)23/h9-11,24H,7-8H2,1-6H3,(H2,19,21,22)/t10-,11+,17+/m0/s1. The summed E-state index contributed by atoms with van der Waals surface area (Å²) < 4.78 is 27.6. The molecular weight excluding hydrogens is 369 g/mol. The Morgan fingerprint density at radius 2 is 2.11 bits per heavy atom. The van der Waals surface area contributed by atoms with E-state index in [4.69, 9.17) is 14.9 Å². The minimum atomic E-state index is -1.99. The largest absolute Gasteiger partial charge is 0.414 e. The van der Waals surface area contributed by atoms with Gasteiger partial charge in [0.05, 0.1) is 19.0 Å². The summed E-state index contributed by atoms with van der Waals surface area (Å²) in [5, 5.41) is 10.7. The molecule has 3 atom stereocenters. The molecule has 1 aliphatic rings. The Bertz CT molecular complexity index is 853. The van der Waals surface area contributed by atoms with E-state index in [1.165, 1.54) is 6.33 Å². The highest BCUT2D eigenvalue weighted by molar-refractivity contribution is 6.74. The van der Waals surface area contributed by atoms with Crippen LogP contribution in [0.4, 0.5) is 10.2 Å². The number of hydrogen-bond acceptors (Lipinski definition) is 7. The highest BCUT2D eigenvalue weighted by Gasteiger charge is 2.48. The summed E-state index contributed by atoms with van der Waals surface area (Å²) in [4.78, 5) is 11.4. The van der Waals surface area contributed by atoms with Gasteiger partial charge in [-0.05, 0) is 25.1 Å². The first-order valence-electron chi connectivity index (χ1n) is 8.99. The van der Waals surface area contributed by atoms with Crippen LogP contribution in [0.3, 0.4) is 0 Å². The topological polar surface area (TPSA) is 108 Å². The number of fused-ring (bicyclic) bond motifs is 1. The van der Waals surface area contributed by atoms with Gasteiger partial charge in [0.15, 0.2) is 25.3 Å². The molecule has 3 heterocycles. The highest BCUT2D eigenvalue weighted by atomic mass is 28.4. The fourth-order valence-electron chi connectivity index (χ4n) is 2.84. The van der Waals surface area contributed by atoms with Gasteiger partial charge in [-0.3, -0.25) is 4.57 Å². The average molecular weight is 398 g/mol. The van der Waals surface area contributed by atoms with Crippen LogP contribution in [0.1, 0.15) is 40.3 Å². The van der Waals surface area contributed by atoms with Gasteiger partial charge in [0, 0.05) is 6.42 Å². The summed E-state index contributed by atoms with van der Waals surface area (Å²) in [5.74, 6) is -0.0289. The Morgan fingerprint density at radius 3 is 2.74 bits per heavy atom. The number of aliphatic hydroxyl groups excluding tert-OH is 1. The van der Waals surface area contributed by atoms with Crippen LogP contribution in [0.25, 0.3) is 11.2 Å². The molecule has 1 fully saturated rings. The third-order valence-electron chi connectivity index (χ3n) is 5.79. The summed E-state index contributed by atoms with van der Waals surface area (Å²) in [6.07, 6.45) is -0.425. The average Bonchev–Trinajstić information content (AvgIpc) is 3.07. The van der Waals surface area contributed by atoms with Crippen molar-refractivity contribution in [2.75, 3.05) is 12.3 Å². The number of nitrogens with two attached hydrogens (primary N) is 1. The SMILES string of the molecule is CC(C)(C)[Si](C)(C)OC[C@@]1(C)O[C@@H](n2cnc3c(N)nc(F)nc32)C[C@@H]1O. The number of nitrogens with zero attached hydrogens (tertiary/aromatic N) is 4. The molecule has 1 saturated heterocycles. The molecule has 0 spiro atoms. The Labute approximate surface area is 159 Å². The number of aliphatic hydroxyl groups is 1. The minimum Gasteiger partial charge on any atom is -0.414 e. The van der Waals surface area contributed by atoms with Crippen LogP contribution in [0.2, 0.25) is 18.1 Å². The molecule has 2 aromatic heterocycles. The summed E-state index contributed by atoms with van der Waals surface area (Å²) in [7, 11) is -1.99. The molecule has 0 aromatic carbocycles. The summed E-state index contributed by atoms with van der Waals surface area (Å²) in [6, 6.07) is 0. The Balaban J connectivity index is 1.82. The van der Waals surface area contributed by atoms with E-state index in [1.807, 2.05) is 6.92 Å². The first-order valence-corrected chi connectivity index (χ1v) is 11.9. The number of anilines is 1. The van der Waals surface area contributed by atoms with Crippen molar-refractivity contribution in [3.8, 4) is 0 Å². The van der Waals surface area contributed by atoms with E-state index in [1.54, 1.807) is 4.57 Å². The Morgan fingerprint density at radius 1 is 1.44 bits per heavy atom. The molecule has 3 N–H and O–H groups in total. The van der Waals surface area contributed by atoms with Crippen molar-refractivity contribution >= 4 is 25.3 Å². The molecule has 0 amide bonds. The predicted octanol–water partition coefficient (Wildman–Crippen LogP) is 2.61. The van der Waals surface area contributed by atoms with Gasteiger partial charge < -0.3 is 20.0 Å². The molecule has 0 saturated carbocycles. The van der Waals surface area contributed by atoms with Crippen LogP contribution in [-0.2, 0) is 9.16 Å². The summed E-state index contributed by atoms with van der Waals surface area (Å²) in [6.45, 7) is 12.9. The molecule has 3 rings (SSSR count). The summed E-state index contributed by atoms with van der Waals surface area (Å²) >= 11 is 0.